The molecule has 18 heavy (non-hydrogen) atoms. The van der Waals surface area contributed by atoms with Gasteiger partial charge in [-0.3, -0.25) is 9.38 Å². The van der Waals surface area contributed by atoms with Crippen LogP contribution in [-0.2, 0) is 0 Å². The fourth-order valence-electron chi connectivity index (χ4n) is 1.66. The number of benzene rings is 1. The molecule has 0 amide bonds. The average Bonchev–Trinajstić information content (AvgIpc) is 2.74. The smallest absolute Gasteiger partial charge is 0.180 e. The number of halogens is 3. The second-order valence-corrected chi connectivity index (χ2v) is 5.25. The van der Waals surface area contributed by atoms with Crippen LogP contribution in [0.3, 0.4) is 0 Å². The second-order valence-electron chi connectivity index (χ2n) is 3.57. The lowest BCUT2D eigenvalue weighted by Crippen LogP contribution is -1.93. The summed E-state index contributed by atoms with van der Waals surface area (Å²) in [6, 6.07) is 5.45. The van der Waals surface area contributed by atoms with Crippen LogP contribution in [0.15, 0.2) is 35.1 Å². The molecule has 2 heterocycles. The van der Waals surface area contributed by atoms with Gasteiger partial charge < -0.3 is 0 Å². The fourth-order valence-corrected chi connectivity index (χ4v) is 2.74. The highest BCUT2D eigenvalue weighted by molar-refractivity contribution is 9.10. The highest BCUT2D eigenvalue weighted by atomic mass is 79.9. The Labute approximate surface area is 121 Å². The van der Waals surface area contributed by atoms with E-state index in [-0.39, 0.29) is 0 Å². The van der Waals surface area contributed by atoms with Gasteiger partial charge in [0.1, 0.15) is 5.15 Å². The van der Waals surface area contributed by atoms with E-state index < -0.39 is 0 Å². The first-order chi connectivity index (χ1) is 8.66. The van der Waals surface area contributed by atoms with Crippen molar-refractivity contribution >= 4 is 44.8 Å². The molecule has 0 aliphatic rings. The van der Waals surface area contributed by atoms with Crippen molar-refractivity contribution in [2.75, 3.05) is 0 Å². The van der Waals surface area contributed by atoms with Crippen LogP contribution in [0.4, 0.5) is 0 Å². The molecular weight excluding hydrogens is 339 g/mol. The number of rotatable bonds is 1. The van der Waals surface area contributed by atoms with E-state index in [1.807, 2.05) is 6.07 Å². The van der Waals surface area contributed by atoms with Crippen molar-refractivity contribution < 1.29 is 0 Å². The summed E-state index contributed by atoms with van der Waals surface area (Å²) in [5, 5.41) is 9.26. The molecule has 4 nitrogen and oxygen atoms in total. The molecule has 0 aliphatic heterocycles. The minimum Gasteiger partial charge on any atom is -0.262 e. The third kappa shape index (κ3) is 1.88. The molecule has 7 heteroatoms. The summed E-state index contributed by atoms with van der Waals surface area (Å²) in [7, 11) is 0. The standard InChI is InChI=1S/C11H5BrCl2N4/c12-8-3-6(13)1-2-7(8)11-17-16-10-5-15-4-9(14)18(10)11/h1-5H. The molecule has 0 unspecified atom stereocenters. The minimum atomic E-state index is 0.453. The predicted molar refractivity (Wildman–Crippen MR) is 73.9 cm³/mol. The largest absolute Gasteiger partial charge is 0.262 e. The molecule has 2 aromatic heterocycles. The van der Waals surface area contributed by atoms with Crippen LogP contribution >= 0.6 is 39.1 Å². The zero-order valence-corrected chi connectivity index (χ0v) is 11.9. The van der Waals surface area contributed by atoms with E-state index in [0.29, 0.717) is 21.6 Å². The van der Waals surface area contributed by atoms with Gasteiger partial charge in [0.15, 0.2) is 11.5 Å². The predicted octanol–water partition coefficient (Wildman–Crippen LogP) is 3.86. The van der Waals surface area contributed by atoms with Gasteiger partial charge in [-0.25, -0.2) is 0 Å². The molecule has 0 saturated heterocycles. The minimum absolute atomic E-state index is 0.453. The van der Waals surface area contributed by atoms with Crippen LogP contribution < -0.4 is 0 Å². The molecule has 0 saturated carbocycles. The Balaban J connectivity index is 2.32. The summed E-state index contributed by atoms with van der Waals surface area (Å²) in [4.78, 5) is 3.97. The van der Waals surface area contributed by atoms with Crippen LogP contribution in [0.5, 0.6) is 0 Å². The third-order valence-corrected chi connectivity index (χ3v) is 3.60. The van der Waals surface area contributed by atoms with Crippen LogP contribution in [0.2, 0.25) is 10.2 Å². The van der Waals surface area contributed by atoms with Crippen LogP contribution in [0.25, 0.3) is 17.0 Å². The zero-order valence-electron chi connectivity index (χ0n) is 8.81. The number of fused-ring (bicyclic) bond motifs is 1. The highest BCUT2D eigenvalue weighted by Gasteiger charge is 2.13. The van der Waals surface area contributed by atoms with Crippen molar-refractivity contribution in [2.45, 2.75) is 0 Å². The van der Waals surface area contributed by atoms with Crippen LogP contribution in [0.1, 0.15) is 0 Å². The molecule has 1 aromatic carbocycles. The Morgan fingerprint density at radius 1 is 1.11 bits per heavy atom. The van der Waals surface area contributed by atoms with Crippen molar-refractivity contribution in [3.8, 4) is 11.4 Å². The van der Waals surface area contributed by atoms with Gasteiger partial charge in [0.2, 0.25) is 0 Å². The number of aromatic nitrogens is 4. The molecule has 3 aromatic rings. The van der Waals surface area contributed by atoms with Gasteiger partial charge >= 0.3 is 0 Å². The fraction of sp³-hybridized carbons (Fsp3) is 0. The summed E-state index contributed by atoms with van der Waals surface area (Å²) >= 11 is 15.5. The molecule has 0 N–H and O–H groups in total. The summed E-state index contributed by atoms with van der Waals surface area (Å²) < 4.78 is 2.56. The van der Waals surface area contributed by atoms with Crippen molar-refractivity contribution in [1.29, 1.82) is 0 Å². The van der Waals surface area contributed by atoms with Gasteiger partial charge in [0, 0.05) is 15.1 Å². The molecular formula is C11H5BrCl2N4. The Morgan fingerprint density at radius 3 is 2.72 bits per heavy atom. The Hall–Kier alpha value is -1.17. The number of nitrogens with zero attached hydrogens (tertiary/aromatic N) is 4. The quantitative estimate of drug-likeness (QED) is 0.673. The first-order valence-corrected chi connectivity index (χ1v) is 6.52. The zero-order chi connectivity index (χ0) is 12.7. The number of hydrogen-bond acceptors (Lipinski definition) is 3. The van der Waals surface area contributed by atoms with Gasteiger partial charge in [-0.05, 0) is 34.1 Å². The molecule has 0 spiro atoms. The summed E-state index contributed by atoms with van der Waals surface area (Å²) in [5.41, 5.74) is 1.46. The molecule has 90 valence electrons. The average molecular weight is 344 g/mol. The number of hydrogen-bond donors (Lipinski definition) is 0. The van der Waals surface area contributed by atoms with Gasteiger partial charge in [0.05, 0.1) is 12.4 Å². The van der Waals surface area contributed by atoms with Gasteiger partial charge in [-0.1, -0.05) is 23.2 Å². The monoisotopic (exact) mass is 342 g/mol. The van der Waals surface area contributed by atoms with Crippen molar-refractivity contribution in [3.63, 3.8) is 0 Å². The van der Waals surface area contributed by atoms with Crippen molar-refractivity contribution in [1.82, 2.24) is 19.6 Å². The van der Waals surface area contributed by atoms with E-state index in [2.05, 4.69) is 31.1 Å². The SMILES string of the molecule is Clc1ccc(-c2nnc3cncc(Cl)n23)c(Br)c1. The van der Waals surface area contributed by atoms with Gasteiger partial charge in [-0.2, -0.15) is 0 Å². The molecule has 3 rings (SSSR count). The summed E-state index contributed by atoms with van der Waals surface area (Å²) in [5.74, 6) is 0.640. The summed E-state index contributed by atoms with van der Waals surface area (Å²) in [6.45, 7) is 0. The molecule has 0 aliphatic carbocycles. The first-order valence-electron chi connectivity index (χ1n) is 4.97. The maximum Gasteiger partial charge on any atom is 0.180 e. The Bertz CT molecular complexity index is 741. The van der Waals surface area contributed by atoms with E-state index in [4.69, 9.17) is 23.2 Å². The molecule has 0 fully saturated rings. The first kappa shape index (κ1) is 11.9. The normalized spacial score (nSPS) is 11.1. The second kappa shape index (κ2) is 4.50. The molecule has 0 bridgehead atoms. The summed E-state index contributed by atoms with van der Waals surface area (Å²) in [6.07, 6.45) is 3.15. The van der Waals surface area contributed by atoms with Crippen molar-refractivity contribution in [3.05, 3.63) is 45.2 Å². The topological polar surface area (TPSA) is 43.1 Å². The van der Waals surface area contributed by atoms with Gasteiger partial charge in [0.25, 0.3) is 0 Å². The van der Waals surface area contributed by atoms with E-state index >= 15 is 0 Å². The lowest BCUT2D eigenvalue weighted by Gasteiger charge is -2.04. The maximum absolute atomic E-state index is 6.12. The van der Waals surface area contributed by atoms with E-state index in [1.54, 1.807) is 28.9 Å². The lowest BCUT2D eigenvalue weighted by atomic mass is 10.2. The van der Waals surface area contributed by atoms with Crippen molar-refractivity contribution in [2.24, 2.45) is 0 Å². The van der Waals surface area contributed by atoms with Crippen LogP contribution in [-0.4, -0.2) is 19.6 Å². The Kier molecular flexibility index (Phi) is 2.97. The highest BCUT2D eigenvalue weighted by Crippen LogP contribution is 2.30. The van der Waals surface area contributed by atoms with Crippen LogP contribution in [0, 0.1) is 0 Å². The Morgan fingerprint density at radius 2 is 1.94 bits per heavy atom. The lowest BCUT2D eigenvalue weighted by molar-refractivity contribution is 1.11. The maximum atomic E-state index is 6.12. The molecule has 0 atom stereocenters. The third-order valence-electron chi connectivity index (χ3n) is 2.44. The van der Waals surface area contributed by atoms with E-state index in [9.17, 15) is 0 Å². The molecule has 0 radical (unpaired) electrons. The van der Waals surface area contributed by atoms with Gasteiger partial charge in [-0.15, -0.1) is 10.2 Å². The van der Waals surface area contributed by atoms with E-state index in [0.717, 1.165) is 10.0 Å². The van der Waals surface area contributed by atoms with E-state index in [1.165, 1.54) is 0 Å².